The highest BCUT2D eigenvalue weighted by Gasteiger charge is 2.22. The lowest BCUT2D eigenvalue weighted by Crippen LogP contribution is -2.22. The van der Waals surface area contributed by atoms with Gasteiger partial charge in [0.2, 0.25) is 5.91 Å². The smallest absolute Gasteiger partial charge is 0.224 e. The lowest BCUT2D eigenvalue weighted by Gasteiger charge is -2.18. The lowest BCUT2D eigenvalue weighted by molar-refractivity contribution is -0.116. The molecule has 0 bridgehead atoms. The van der Waals surface area contributed by atoms with Crippen molar-refractivity contribution in [1.82, 2.24) is 0 Å². The fourth-order valence-electron chi connectivity index (χ4n) is 3.39. The van der Waals surface area contributed by atoms with Crippen molar-refractivity contribution < 1.29 is 14.3 Å². The summed E-state index contributed by atoms with van der Waals surface area (Å²) >= 11 is 0. The van der Waals surface area contributed by atoms with E-state index < -0.39 is 0 Å². The number of hydrogen-bond acceptors (Lipinski definition) is 4. The summed E-state index contributed by atoms with van der Waals surface area (Å²) in [7, 11) is 1.76. The number of para-hydroxylation sites is 1. The highest BCUT2D eigenvalue weighted by molar-refractivity contribution is 5.91. The summed E-state index contributed by atoms with van der Waals surface area (Å²) < 4.78 is 11.0. The maximum absolute atomic E-state index is 12.3. The summed E-state index contributed by atoms with van der Waals surface area (Å²) in [5.74, 6) is 0.867. The van der Waals surface area contributed by atoms with E-state index in [1.54, 1.807) is 7.11 Å². The molecule has 1 aliphatic heterocycles. The fourth-order valence-corrected chi connectivity index (χ4v) is 3.39. The molecule has 144 valence electrons. The van der Waals surface area contributed by atoms with Gasteiger partial charge in [0.1, 0.15) is 5.75 Å². The van der Waals surface area contributed by atoms with Crippen LogP contribution in [0.3, 0.4) is 0 Å². The van der Waals surface area contributed by atoms with Gasteiger partial charge in [0.25, 0.3) is 0 Å². The first kappa shape index (κ1) is 19.2. The molecule has 2 aromatic carbocycles. The molecule has 1 amide bonds. The highest BCUT2D eigenvalue weighted by Crippen LogP contribution is 2.24. The number of benzene rings is 2. The Balaban J connectivity index is 1.51. The second-order valence-electron chi connectivity index (χ2n) is 6.73. The second kappa shape index (κ2) is 9.42. The van der Waals surface area contributed by atoms with Crippen LogP contribution in [0.15, 0.2) is 48.5 Å². The van der Waals surface area contributed by atoms with Crippen molar-refractivity contribution in [1.29, 1.82) is 0 Å². The van der Waals surface area contributed by atoms with E-state index in [0.29, 0.717) is 25.6 Å². The zero-order valence-electron chi connectivity index (χ0n) is 16.1. The molecular formula is C22H28N2O3. The van der Waals surface area contributed by atoms with E-state index in [0.717, 1.165) is 42.2 Å². The van der Waals surface area contributed by atoms with E-state index in [2.05, 4.69) is 22.3 Å². The first-order chi connectivity index (χ1) is 13.2. The molecule has 0 spiro atoms. The van der Waals surface area contributed by atoms with E-state index in [-0.39, 0.29) is 5.91 Å². The van der Waals surface area contributed by atoms with Gasteiger partial charge in [-0.1, -0.05) is 18.2 Å². The SMILES string of the molecule is CCOc1ccccc1CCC(=O)Nc1ccc(N2CCC(OC)C2)cc1. The van der Waals surface area contributed by atoms with Crippen molar-refractivity contribution in [2.75, 3.05) is 37.0 Å². The Morgan fingerprint density at radius 1 is 1.19 bits per heavy atom. The zero-order valence-corrected chi connectivity index (χ0v) is 16.1. The zero-order chi connectivity index (χ0) is 19.1. The summed E-state index contributed by atoms with van der Waals surface area (Å²) in [5, 5.41) is 2.98. The number of anilines is 2. The van der Waals surface area contributed by atoms with Gasteiger partial charge in [0.05, 0.1) is 12.7 Å². The molecule has 0 radical (unpaired) electrons. The number of rotatable bonds is 8. The molecular weight excluding hydrogens is 340 g/mol. The van der Waals surface area contributed by atoms with E-state index >= 15 is 0 Å². The van der Waals surface area contributed by atoms with Crippen LogP contribution in [0.2, 0.25) is 0 Å². The van der Waals surface area contributed by atoms with Gasteiger partial charge in [-0.25, -0.2) is 0 Å². The van der Waals surface area contributed by atoms with Gasteiger partial charge in [-0.2, -0.15) is 0 Å². The third kappa shape index (κ3) is 5.23. The molecule has 1 unspecified atom stereocenters. The molecule has 0 aromatic heterocycles. The van der Waals surface area contributed by atoms with Crippen molar-refractivity contribution in [3.8, 4) is 5.75 Å². The van der Waals surface area contributed by atoms with Crippen molar-refractivity contribution in [3.05, 3.63) is 54.1 Å². The monoisotopic (exact) mass is 368 g/mol. The summed E-state index contributed by atoms with van der Waals surface area (Å²) in [5.41, 5.74) is 3.05. The molecule has 1 heterocycles. The number of methoxy groups -OCH3 is 1. The van der Waals surface area contributed by atoms with Gasteiger partial charge in [0, 0.05) is 38.0 Å². The second-order valence-corrected chi connectivity index (χ2v) is 6.73. The predicted molar refractivity (Wildman–Crippen MR) is 109 cm³/mol. The van der Waals surface area contributed by atoms with Crippen LogP contribution >= 0.6 is 0 Å². The third-order valence-electron chi connectivity index (χ3n) is 4.89. The number of carbonyl (C=O) groups is 1. The lowest BCUT2D eigenvalue weighted by atomic mass is 10.1. The minimum Gasteiger partial charge on any atom is -0.494 e. The van der Waals surface area contributed by atoms with Crippen LogP contribution < -0.4 is 15.0 Å². The Kier molecular flexibility index (Phi) is 6.71. The molecule has 1 saturated heterocycles. The number of nitrogens with zero attached hydrogens (tertiary/aromatic N) is 1. The highest BCUT2D eigenvalue weighted by atomic mass is 16.5. The van der Waals surface area contributed by atoms with Crippen molar-refractivity contribution in [2.45, 2.75) is 32.3 Å². The van der Waals surface area contributed by atoms with Crippen LogP contribution in [0.4, 0.5) is 11.4 Å². The maximum atomic E-state index is 12.3. The number of aryl methyl sites for hydroxylation is 1. The third-order valence-corrected chi connectivity index (χ3v) is 4.89. The molecule has 3 rings (SSSR count). The average molecular weight is 368 g/mol. The van der Waals surface area contributed by atoms with Crippen LogP contribution in [0.25, 0.3) is 0 Å². The van der Waals surface area contributed by atoms with Gasteiger partial charge in [-0.15, -0.1) is 0 Å². The van der Waals surface area contributed by atoms with Gasteiger partial charge in [-0.3, -0.25) is 4.79 Å². The predicted octanol–water partition coefficient (Wildman–Crippen LogP) is 3.88. The molecule has 0 saturated carbocycles. The van der Waals surface area contributed by atoms with Crippen LogP contribution in [0, 0.1) is 0 Å². The molecule has 5 heteroatoms. The first-order valence-corrected chi connectivity index (χ1v) is 9.58. The molecule has 1 N–H and O–H groups in total. The standard InChI is InChI=1S/C22H28N2O3/c1-3-27-21-7-5-4-6-17(21)8-13-22(25)23-18-9-11-19(12-10-18)24-15-14-20(16-24)26-2/h4-7,9-12,20H,3,8,13-16H2,1-2H3,(H,23,25). The number of ether oxygens (including phenoxy) is 2. The van der Waals surface area contributed by atoms with Crippen LogP contribution in [0.5, 0.6) is 5.75 Å². The van der Waals surface area contributed by atoms with E-state index in [4.69, 9.17) is 9.47 Å². The Hall–Kier alpha value is -2.53. The summed E-state index contributed by atoms with van der Waals surface area (Å²) in [6.45, 7) is 4.51. The van der Waals surface area contributed by atoms with E-state index in [1.165, 1.54) is 0 Å². The van der Waals surface area contributed by atoms with Gasteiger partial charge in [-0.05, 0) is 55.7 Å². The minimum atomic E-state index is 0.00895. The Morgan fingerprint density at radius 3 is 2.67 bits per heavy atom. The number of hydrogen-bond donors (Lipinski definition) is 1. The van der Waals surface area contributed by atoms with Crippen molar-refractivity contribution in [3.63, 3.8) is 0 Å². The van der Waals surface area contributed by atoms with Crippen LogP contribution in [0.1, 0.15) is 25.3 Å². The van der Waals surface area contributed by atoms with Crippen molar-refractivity contribution >= 4 is 17.3 Å². The Labute approximate surface area is 161 Å². The topological polar surface area (TPSA) is 50.8 Å². The fraction of sp³-hybridized carbons (Fsp3) is 0.409. The Morgan fingerprint density at radius 2 is 1.96 bits per heavy atom. The molecule has 2 aromatic rings. The van der Waals surface area contributed by atoms with Crippen LogP contribution in [-0.2, 0) is 16.0 Å². The number of nitrogens with one attached hydrogen (secondary N) is 1. The quantitative estimate of drug-likeness (QED) is 0.768. The van der Waals surface area contributed by atoms with Gasteiger partial charge in [0.15, 0.2) is 0 Å². The average Bonchev–Trinajstić information content (AvgIpc) is 3.17. The molecule has 1 atom stereocenters. The van der Waals surface area contributed by atoms with E-state index in [9.17, 15) is 4.79 Å². The summed E-state index contributed by atoms with van der Waals surface area (Å²) in [6.07, 6.45) is 2.45. The number of amides is 1. The molecule has 1 aliphatic rings. The minimum absolute atomic E-state index is 0.00895. The van der Waals surface area contributed by atoms with E-state index in [1.807, 2.05) is 43.3 Å². The van der Waals surface area contributed by atoms with Crippen molar-refractivity contribution in [2.24, 2.45) is 0 Å². The maximum Gasteiger partial charge on any atom is 0.224 e. The normalized spacial score (nSPS) is 16.4. The molecule has 1 fully saturated rings. The molecule has 27 heavy (non-hydrogen) atoms. The summed E-state index contributed by atoms with van der Waals surface area (Å²) in [6, 6.07) is 15.9. The van der Waals surface area contributed by atoms with Gasteiger partial charge >= 0.3 is 0 Å². The first-order valence-electron chi connectivity index (χ1n) is 9.58. The molecule has 5 nitrogen and oxygen atoms in total. The Bertz CT molecular complexity index is 745. The van der Waals surface area contributed by atoms with Gasteiger partial charge < -0.3 is 19.7 Å². The summed E-state index contributed by atoms with van der Waals surface area (Å²) in [4.78, 5) is 14.6. The largest absolute Gasteiger partial charge is 0.494 e. The van der Waals surface area contributed by atoms with Crippen LogP contribution in [-0.4, -0.2) is 38.8 Å². The molecule has 0 aliphatic carbocycles. The number of carbonyl (C=O) groups excluding carboxylic acids is 1.